The first-order valence-corrected chi connectivity index (χ1v) is 7.61. The van der Waals surface area contributed by atoms with Gasteiger partial charge in [-0.05, 0) is 36.9 Å². The van der Waals surface area contributed by atoms with E-state index in [0.29, 0.717) is 15.7 Å². The number of anilines is 1. The fourth-order valence-corrected chi connectivity index (χ4v) is 3.01. The van der Waals surface area contributed by atoms with Crippen LogP contribution < -0.4 is 10.9 Å². The van der Waals surface area contributed by atoms with Gasteiger partial charge >= 0.3 is 0 Å². The van der Waals surface area contributed by atoms with E-state index in [-0.39, 0.29) is 4.90 Å². The minimum Gasteiger partial charge on any atom is -0.399 e. The SMILES string of the molecule is Cc1nnc(Sc2cc(N)cc(S(N)(=O)=O)c2)n1C. The van der Waals surface area contributed by atoms with E-state index in [2.05, 4.69) is 10.2 Å². The minimum atomic E-state index is -3.78. The van der Waals surface area contributed by atoms with Gasteiger partial charge in [-0.25, -0.2) is 13.6 Å². The van der Waals surface area contributed by atoms with Crippen LogP contribution in [0.15, 0.2) is 33.1 Å². The third-order valence-corrected chi connectivity index (χ3v) is 4.39. The molecule has 4 N–H and O–H groups in total. The molecule has 1 aromatic carbocycles. The van der Waals surface area contributed by atoms with Gasteiger partial charge in [0.2, 0.25) is 10.0 Å². The molecule has 0 amide bonds. The zero-order chi connectivity index (χ0) is 14.2. The van der Waals surface area contributed by atoms with Crippen LogP contribution in [0.5, 0.6) is 0 Å². The highest BCUT2D eigenvalue weighted by molar-refractivity contribution is 7.99. The Morgan fingerprint density at radius 3 is 2.47 bits per heavy atom. The normalized spacial score (nSPS) is 11.7. The molecule has 0 atom stereocenters. The van der Waals surface area contributed by atoms with Gasteiger partial charge < -0.3 is 10.3 Å². The van der Waals surface area contributed by atoms with Gasteiger partial charge in [-0.2, -0.15) is 0 Å². The second-order valence-electron chi connectivity index (χ2n) is 3.97. The van der Waals surface area contributed by atoms with Gasteiger partial charge in [0.1, 0.15) is 5.82 Å². The summed E-state index contributed by atoms with van der Waals surface area (Å²) < 4.78 is 24.5. The molecule has 0 unspecified atom stereocenters. The first kappa shape index (κ1) is 13.8. The highest BCUT2D eigenvalue weighted by Crippen LogP contribution is 2.29. The number of hydrogen-bond donors (Lipinski definition) is 2. The van der Waals surface area contributed by atoms with Crippen LogP contribution >= 0.6 is 11.8 Å². The lowest BCUT2D eigenvalue weighted by atomic mass is 10.3. The molecule has 0 saturated heterocycles. The Kier molecular flexibility index (Phi) is 3.52. The third kappa shape index (κ3) is 3.06. The summed E-state index contributed by atoms with van der Waals surface area (Å²) in [4.78, 5) is 0.619. The van der Waals surface area contributed by atoms with Crippen LogP contribution in [0.4, 0.5) is 5.69 Å². The summed E-state index contributed by atoms with van der Waals surface area (Å²) in [7, 11) is -1.96. The van der Waals surface area contributed by atoms with Crippen LogP contribution in [0, 0.1) is 6.92 Å². The lowest BCUT2D eigenvalue weighted by molar-refractivity contribution is 0.597. The van der Waals surface area contributed by atoms with Gasteiger partial charge in [0.05, 0.1) is 4.90 Å². The Bertz CT molecular complexity index is 724. The third-order valence-electron chi connectivity index (χ3n) is 2.49. The van der Waals surface area contributed by atoms with Crippen molar-refractivity contribution in [2.75, 3.05) is 5.73 Å². The van der Waals surface area contributed by atoms with Crippen molar-refractivity contribution in [2.24, 2.45) is 12.2 Å². The van der Waals surface area contributed by atoms with E-state index in [1.54, 1.807) is 10.6 Å². The number of aromatic nitrogens is 3. The van der Waals surface area contributed by atoms with E-state index in [1.165, 1.54) is 23.9 Å². The van der Waals surface area contributed by atoms with Gasteiger partial charge in [0, 0.05) is 17.6 Å². The lowest BCUT2D eigenvalue weighted by Gasteiger charge is -2.05. The van der Waals surface area contributed by atoms with E-state index in [4.69, 9.17) is 10.9 Å². The van der Waals surface area contributed by atoms with Crippen molar-refractivity contribution in [3.8, 4) is 0 Å². The molecule has 0 spiro atoms. The Balaban J connectivity index is 2.41. The maximum Gasteiger partial charge on any atom is 0.238 e. The van der Waals surface area contributed by atoms with Gasteiger partial charge in [-0.1, -0.05) is 0 Å². The largest absolute Gasteiger partial charge is 0.399 e. The van der Waals surface area contributed by atoms with Gasteiger partial charge in [0.15, 0.2) is 5.16 Å². The zero-order valence-electron chi connectivity index (χ0n) is 10.4. The Labute approximate surface area is 115 Å². The summed E-state index contributed by atoms with van der Waals surface area (Å²) in [6.45, 7) is 1.83. The molecule has 9 heteroatoms. The van der Waals surface area contributed by atoms with Crippen molar-refractivity contribution in [2.45, 2.75) is 21.9 Å². The second kappa shape index (κ2) is 4.83. The smallest absolute Gasteiger partial charge is 0.238 e. The van der Waals surface area contributed by atoms with Crippen molar-refractivity contribution in [3.63, 3.8) is 0 Å². The van der Waals surface area contributed by atoms with Crippen LogP contribution in [0.3, 0.4) is 0 Å². The number of rotatable bonds is 3. The first-order valence-electron chi connectivity index (χ1n) is 5.24. The lowest BCUT2D eigenvalue weighted by Crippen LogP contribution is -2.12. The predicted octanol–water partition coefficient (Wildman–Crippen LogP) is 0.504. The number of nitrogens with two attached hydrogens (primary N) is 2. The minimum absolute atomic E-state index is 0.0195. The molecule has 0 fully saturated rings. The van der Waals surface area contributed by atoms with E-state index in [9.17, 15) is 8.42 Å². The molecule has 7 nitrogen and oxygen atoms in total. The molecule has 2 aromatic rings. The molecular weight excluding hydrogens is 286 g/mol. The summed E-state index contributed by atoms with van der Waals surface area (Å²) in [5, 5.41) is 13.6. The number of primary sulfonamides is 1. The fourth-order valence-electron chi connectivity index (χ4n) is 1.40. The van der Waals surface area contributed by atoms with Crippen LogP contribution in [-0.4, -0.2) is 23.2 Å². The average molecular weight is 299 g/mol. The molecular formula is C10H13N5O2S2. The highest BCUT2D eigenvalue weighted by atomic mass is 32.2. The van der Waals surface area contributed by atoms with Crippen LogP contribution in [0.2, 0.25) is 0 Å². The van der Waals surface area contributed by atoms with E-state index in [0.717, 1.165) is 5.82 Å². The summed E-state index contributed by atoms with van der Waals surface area (Å²) in [6.07, 6.45) is 0. The van der Waals surface area contributed by atoms with Crippen molar-refractivity contribution in [3.05, 3.63) is 24.0 Å². The summed E-state index contributed by atoms with van der Waals surface area (Å²) in [6, 6.07) is 4.44. The number of hydrogen-bond acceptors (Lipinski definition) is 6. The molecule has 0 radical (unpaired) electrons. The molecule has 0 aliphatic heterocycles. The number of sulfonamides is 1. The molecule has 102 valence electrons. The molecule has 1 heterocycles. The van der Waals surface area contributed by atoms with Crippen molar-refractivity contribution >= 4 is 27.5 Å². The quantitative estimate of drug-likeness (QED) is 0.797. The molecule has 0 saturated carbocycles. The first-order chi connectivity index (χ1) is 8.77. The topological polar surface area (TPSA) is 117 Å². The second-order valence-corrected chi connectivity index (χ2v) is 6.58. The highest BCUT2D eigenvalue weighted by Gasteiger charge is 2.13. The summed E-state index contributed by atoms with van der Waals surface area (Å²) >= 11 is 1.27. The molecule has 19 heavy (non-hydrogen) atoms. The Morgan fingerprint density at radius 1 is 1.26 bits per heavy atom. The average Bonchev–Trinajstić information content (AvgIpc) is 2.59. The van der Waals surface area contributed by atoms with Crippen LogP contribution in [-0.2, 0) is 17.1 Å². The Morgan fingerprint density at radius 2 is 1.95 bits per heavy atom. The fraction of sp³-hybridized carbons (Fsp3) is 0.200. The monoisotopic (exact) mass is 299 g/mol. The number of aryl methyl sites for hydroxylation is 1. The zero-order valence-corrected chi connectivity index (χ0v) is 12.0. The van der Waals surface area contributed by atoms with Crippen molar-refractivity contribution in [1.82, 2.24) is 14.8 Å². The summed E-state index contributed by atoms with van der Waals surface area (Å²) in [5.41, 5.74) is 6.00. The standard InChI is InChI=1S/C10H13N5O2S2/c1-6-13-14-10(15(6)2)18-8-3-7(11)4-9(5-8)19(12,16)17/h3-5H,11H2,1-2H3,(H2,12,16,17). The molecule has 0 bridgehead atoms. The van der Waals surface area contributed by atoms with Crippen LogP contribution in [0.25, 0.3) is 0 Å². The van der Waals surface area contributed by atoms with Crippen LogP contribution in [0.1, 0.15) is 5.82 Å². The van der Waals surface area contributed by atoms with Gasteiger partial charge in [-0.15, -0.1) is 10.2 Å². The molecule has 0 aliphatic carbocycles. The van der Waals surface area contributed by atoms with Gasteiger partial charge in [-0.3, -0.25) is 0 Å². The van der Waals surface area contributed by atoms with Gasteiger partial charge in [0.25, 0.3) is 0 Å². The maximum atomic E-state index is 11.3. The summed E-state index contributed by atoms with van der Waals surface area (Å²) in [5.74, 6) is 0.762. The number of nitrogens with zero attached hydrogens (tertiary/aromatic N) is 3. The van der Waals surface area contributed by atoms with E-state index < -0.39 is 10.0 Å². The molecule has 2 rings (SSSR count). The maximum absolute atomic E-state index is 11.3. The Hall–Kier alpha value is -1.58. The van der Waals surface area contributed by atoms with Crippen molar-refractivity contribution < 1.29 is 8.42 Å². The van der Waals surface area contributed by atoms with Crippen molar-refractivity contribution in [1.29, 1.82) is 0 Å². The number of benzene rings is 1. The van der Waals surface area contributed by atoms with E-state index in [1.807, 2.05) is 14.0 Å². The predicted molar refractivity (Wildman–Crippen MR) is 72.1 cm³/mol. The molecule has 0 aliphatic rings. The number of nitrogen functional groups attached to an aromatic ring is 1. The van der Waals surface area contributed by atoms with E-state index >= 15 is 0 Å². The molecule has 1 aromatic heterocycles.